The molecule has 1 aromatic heterocycles. The maximum atomic E-state index is 12.6. The fraction of sp³-hybridized carbons (Fsp3) is 0.400. The van der Waals surface area contributed by atoms with Gasteiger partial charge in [-0.3, -0.25) is 4.79 Å². The Hall–Kier alpha value is -1.81. The molecule has 1 saturated heterocycles. The predicted octanol–water partition coefficient (Wildman–Crippen LogP) is 1.83. The number of hydrogen-bond donors (Lipinski definition) is 2. The van der Waals surface area contributed by atoms with E-state index in [1.54, 1.807) is 0 Å². The summed E-state index contributed by atoms with van der Waals surface area (Å²) in [7, 11) is 0. The Morgan fingerprint density at radius 1 is 1.21 bits per heavy atom. The minimum atomic E-state index is 0.139. The first kappa shape index (κ1) is 12.2. The zero-order chi connectivity index (χ0) is 13.4. The van der Waals surface area contributed by atoms with Crippen LogP contribution < -0.4 is 5.32 Å². The van der Waals surface area contributed by atoms with Crippen LogP contribution in [0.3, 0.4) is 0 Å². The average molecular weight is 257 g/mol. The molecule has 0 radical (unpaired) electrons. The van der Waals surface area contributed by atoms with Crippen LogP contribution in [0.15, 0.2) is 18.3 Å². The molecule has 3 rings (SSSR count). The van der Waals surface area contributed by atoms with Gasteiger partial charge >= 0.3 is 0 Å². The van der Waals surface area contributed by atoms with E-state index in [2.05, 4.69) is 36.3 Å². The largest absolute Gasteiger partial charge is 0.360 e. The summed E-state index contributed by atoms with van der Waals surface area (Å²) in [5, 5.41) is 4.33. The highest BCUT2D eigenvalue weighted by molar-refractivity contribution is 6.08. The highest BCUT2D eigenvalue weighted by Gasteiger charge is 2.21. The quantitative estimate of drug-likeness (QED) is 0.819. The monoisotopic (exact) mass is 257 g/mol. The number of aromatic amines is 1. The number of fused-ring (bicyclic) bond motifs is 1. The Morgan fingerprint density at radius 2 is 1.95 bits per heavy atom. The molecule has 19 heavy (non-hydrogen) atoms. The number of aryl methyl sites for hydroxylation is 2. The molecule has 1 aliphatic heterocycles. The van der Waals surface area contributed by atoms with E-state index in [4.69, 9.17) is 0 Å². The van der Waals surface area contributed by atoms with E-state index in [9.17, 15) is 4.79 Å². The normalized spacial score (nSPS) is 16.0. The number of H-pyrrole nitrogens is 1. The minimum absolute atomic E-state index is 0.139. The van der Waals surface area contributed by atoms with Crippen LogP contribution in [0.25, 0.3) is 10.9 Å². The van der Waals surface area contributed by atoms with Gasteiger partial charge in [-0.25, -0.2) is 0 Å². The first-order chi connectivity index (χ1) is 9.16. The molecule has 0 atom stereocenters. The van der Waals surface area contributed by atoms with E-state index < -0.39 is 0 Å². The van der Waals surface area contributed by atoms with Gasteiger partial charge in [0, 0.05) is 43.3 Å². The molecular weight excluding hydrogens is 238 g/mol. The molecule has 1 aromatic carbocycles. The van der Waals surface area contributed by atoms with Gasteiger partial charge in [0.05, 0.1) is 5.56 Å². The van der Waals surface area contributed by atoms with Crippen molar-refractivity contribution in [2.24, 2.45) is 0 Å². The fourth-order valence-electron chi connectivity index (χ4n) is 2.87. The summed E-state index contributed by atoms with van der Waals surface area (Å²) in [6, 6.07) is 4.22. The summed E-state index contributed by atoms with van der Waals surface area (Å²) in [5.74, 6) is 0.139. The summed E-state index contributed by atoms with van der Waals surface area (Å²) < 4.78 is 0. The molecule has 2 N–H and O–H groups in total. The number of carbonyl (C=O) groups excluding carboxylic acids is 1. The zero-order valence-corrected chi connectivity index (χ0v) is 11.4. The number of hydrogen-bond acceptors (Lipinski definition) is 2. The molecule has 100 valence electrons. The Balaban J connectivity index is 2.03. The van der Waals surface area contributed by atoms with Gasteiger partial charge in [0.1, 0.15) is 0 Å². The number of benzene rings is 1. The van der Waals surface area contributed by atoms with Gasteiger partial charge in [0.2, 0.25) is 0 Å². The minimum Gasteiger partial charge on any atom is -0.360 e. The molecular formula is C15H19N3O. The maximum Gasteiger partial charge on any atom is 0.256 e. The molecule has 1 fully saturated rings. The number of aromatic nitrogens is 1. The first-order valence-electron chi connectivity index (χ1n) is 6.75. The summed E-state index contributed by atoms with van der Waals surface area (Å²) in [5.41, 5.74) is 4.23. The van der Waals surface area contributed by atoms with Crippen molar-refractivity contribution in [2.45, 2.75) is 13.8 Å². The maximum absolute atomic E-state index is 12.6. The van der Waals surface area contributed by atoms with Crippen LogP contribution in [0.1, 0.15) is 21.5 Å². The van der Waals surface area contributed by atoms with Crippen molar-refractivity contribution >= 4 is 16.8 Å². The third-order valence-corrected chi connectivity index (χ3v) is 3.76. The second-order valence-corrected chi connectivity index (χ2v) is 5.25. The number of amides is 1. The summed E-state index contributed by atoms with van der Waals surface area (Å²) in [6.07, 6.45) is 1.85. The molecule has 4 heteroatoms. The van der Waals surface area contributed by atoms with Crippen molar-refractivity contribution in [2.75, 3.05) is 26.2 Å². The van der Waals surface area contributed by atoms with E-state index in [0.717, 1.165) is 48.2 Å². The first-order valence-corrected chi connectivity index (χ1v) is 6.75. The van der Waals surface area contributed by atoms with Gasteiger partial charge < -0.3 is 15.2 Å². The van der Waals surface area contributed by atoms with Crippen molar-refractivity contribution in [3.8, 4) is 0 Å². The summed E-state index contributed by atoms with van der Waals surface area (Å²) >= 11 is 0. The van der Waals surface area contributed by atoms with Crippen molar-refractivity contribution in [1.82, 2.24) is 15.2 Å². The van der Waals surface area contributed by atoms with E-state index in [1.165, 1.54) is 5.56 Å². The SMILES string of the molecule is Cc1cc(C)c2c(C(=O)N3CCNCC3)c[nH]c2c1. The molecule has 2 aromatic rings. The third-order valence-electron chi connectivity index (χ3n) is 3.76. The van der Waals surface area contributed by atoms with Crippen molar-refractivity contribution in [1.29, 1.82) is 0 Å². The molecule has 1 amide bonds. The number of piperazine rings is 1. The Labute approximate surface area is 112 Å². The number of carbonyl (C=O) groups is 1. The molecule has 0 spiro atoms. The van der Waals surface area contributed by atoms with Gasteiger partial charge in [-0.1, -0.05) is 6.07 Å². The van der Waals surface area contributed by atoms with E-state index in [-0.39, 0.29) is 5.91 Å². The summed E-state index contributed by atoms with van der Waals surface area (Å²) in [4.78, 5) is 17.7. The van der Waals surface area contributed by atoms with E-state index in [1.807, 2.05) is 11.1 Å². The van der Waals surface area contributed by atoms with Crippen LogP contribution in [0, 0.1) is 13.8 Å². The van der Waals surface area contributed by atoms with Crippen LogP contribution in [0.5, 0.6) is 0 Å². The highest BCUT2D eigenvalue weighted by Crippen LogP contribution is 2.25. The van der Waals surface area contributed by atoms with Gasteiger partial charge in [-0.2, -0.15) is 0 Å². The number of nitrogens with zero attached hydrogens (tertiary/aromatic N) is 1. The molecule has 1 aliphatic rings. The summed E-state index contributed by atoms with van der Waals surface area (Å²) in [6.45, 7) is 7.48. The lowest BCUT2D eigenvalue weighted by Crippen LogP contribution is -2.46. The Bertz CT molecular complexity index is 624. The van der Waals surface area contributed by atoms with E-state index >= 15 is 0 Å². The molecule has 4 nitrogen and oxygen atoms in total. The lowest BCUT2D eigenvalue weighted by atomic mass is 10.0. The van der Waals surface area contributed by atoms with Crippen molar-refractivity contribution < 1.29 is 4.79 Å². The fourth-order valence-corrected chi connectivity index (χ4v) is 2.87. The van der Waals surface area contributed by atoms with Crippen LogP contribution in [-0.4, -0.2) is 42.0 Å². The molecule has 0 unspecified atom stereocenters. The Kier molecular flexibility index (Phi) is 3.03. The van der Waals surface area contributed by atoms with Crippen molar-refractivity contribution in [3.05, 3.63) is 35.0 Å². The van der Waals surface area contributed by atoms with Gasteiger partial charge in [0.15, 0.2) is 0 Å². The van der Waals surface area contributed by atoms with Gasteiger partial charge in [0.25, 0.3) is 5.91 Å². The second-order valence-electron chi connectivity index (χ2n) is 5.25. The van der Waals surface area contributed by atoms with E-state index in [0.29, 0.717) is 0 Å². The molecule has 2 heterocycles. The highest BCUT2D eigenvalue weighted by atomic mass is 16.2. The van der Waals surface area contributed by atoms with Gasteiger partial charge in [-0.05, 0) is 31.0 Å². The molecule has 0 bridgehead atoms. The van der Waals surface area contributed by atoms with Crippen molar-refractivity contribution in [3.63, 3.8) is 0 Å². The lowest BCUT2D eigenvalue weighted by Gasteiger charge is -2.27. The van der Waals surface area contributed by atoms with Crippen LogP contribution in [0.2, 0.25) is 0 Å². The predicted molar refractivity (Wildman–Crippen MR) is 76.5 cm³/mol. The third kappa shape index (κ3) is 2.12. The molecule has 0 saturated carbocycles. The topological polar surface area (TPSA) is 48.1 Å². The number of nitrogens with one attached hydrogen (secondary N) is 2. The average Bonchev–Trinajstić information content (AvgIpc) is 2.83. The number of rotatable bonds is 1. The standard InChI is InChI=1S/C15H19N3O/c1-10-7-11(2)14-12(9-17-13(14)8-10)15(19)18-5-3-16-4-6-18/h7-9,16-17H,3-6H2,1-2H3. The zero-order valence-electron chi connectivity index (χ0n) is 11.4. The van der Waals surface area contributed by atoms with Gasteiger partial charge in [-0.15, -0.1) is 0 Å². The van der Waals surface area contributed by atoms with Crippen LogP contribution >= 0.6 is 0 Å². The Morgan fingerprint density at radius 3 is 2.68 bits per heavy atom. The van der Waals surface area contributed by atoms with Crippen LogP contribution in [-0.2, 0) is 0 Å². The molecule has 0 aliphatic carbocycles. The smallest absolute Gasteiger partial charge is 0.256 e. The lowest BCUT2D eigenvalue weighted by molar-refractivity contribution is 0.0738. The van der Waals surface area contributed by atoms with Crippen LogP contribution in [0.4, 0.5) is 0 Å². The second kappa shape index (κ2) is 4.70.